The molecule has 0 aliphatic carbocycles. The lowest BCUT2D eigenvalue weighted by Crippen LogP contribution is -2.24. The molecule has 104 valence electrons. The largest absolute Gasteiger partial charge is 0.348 e. The summed E-state index contributed by atoms with van der Waals surface area (Å²) in [4.78, 5) is 12.2. The summed E-state index contributed by atoms with van der Waals surface area (Å²) in [5.41, 5.74) is 5.75. The minimum absolute atomic E-state index is 0.149. The molecule has 0 aliphatic rings. The normalized spacial score (nSPS) is 10.2. The van der Waals surface area contributed by atoms with E-state index in [1.165, 1.54) is 0 Å². The number of nitrogens with two attached hydrogens (primary N) is 1. The highest BCUT2D eigenvalue weighted by Gasteiger charge is 2.10. The molecule has 0 radical (unpaired) electrons. The standard InChI is InChI=1S/C15H16BrN3O/c1-10-2-7-14(19-17)13(8-10)15(20)18-9-11-3-5-12(16)6-4-11/h2-8,19H,9,17H2,1H3,(H,18,20). The first-order valence-corrected chi connectivity index (χ1v) is 6.99. The Morgan fingerprint density at radius 3 is 2.55 bits per heavy atom. The molecule has 20 heavy (non-hydrogen) atoms. The number of nitrogens with one attached hydrogen (secondary N) is 2. The number of benzene rings is 2. The smallest absolute Gasteiger partial charge is 0.253 e. The van der Waals surface area contributed by atoms with Crippen molar-refractivity contribution < 1.29 is 4.79 Å². The molecular weight excluding hydrogens is 318 g/mol. The number of anilines is 1. The molecule has 0 heterocycles. The molecule has 0 spiro atoms. The number of nitrogen functional groups attached to an aromatic ring is 1. The van der Waals surface area contributed by atoms with Gasteiger partial charge in [0, 0.05) is 11.0 Å². The van der Waals surface area contributed by atoms with Crippen LogP contribution in [0.3, 0.4) is 0 Å². The Kier molecular flexibility index (Phi) is 4.76. The van der Waals surface area contributed by atoms with Crippen molar-refractivity contribution in [3.05, 3.63) is 63.6 Å². The number of hydrogen-bond acceptors (Lipinski definition) is 3. The maximum Gasteiger partial charge on any atom is 0.253 e. The zero-order valence-corrected chi connectivity index (χ0v) is 12.7. The van der Waals surface area contributed by atoms with Crippen LogP contribution in [0.1, 0.15) is 21.5 Å². The highest BCUT2D eigenvalue weighted by molar-refractivity contribution is 9.10. The second-order valence-electron chi connectivity index (χ2n) is 4.50. The van der Waals surface area contributed by atoms with Crippen molar-refractivity contribution in [3.8, 4) is 0 Å². The van der Waals surface area contributed by atoms with Crippen molar-refractivity contribution in [2.75, 3.05) is 5.43 Å². The monoisotopic (exact) mass is 333 g/mol. The predicted molar refractivity (Wildman–Crippen MR) is 84.3 cm³/mol. The van der Waals surface area contributed by atoms with E-state index in [4.69, 9.17) is 5.84 Å². The zero-order valence-electron chi connectivity index (χ0n) is 11.1. The third-order valence-electron chi connectivity index (χ3n) is 2.94. The quantitative estimate of drug-likeness (QED) is 0.595. The van der Waals surface area contributed by atoms with Crippen LogP contribution in [0, 0.1) is 6.92 Å². The van der Waals surface area contributed by atoms with Crippen LogP contribution in [0.4, 0.5) is 5.69 Å². The SMILES string of the molecule is Cc1ccc(NN)c(C(=O)NCc2ccc(Br)cc2)c1. The van der Waals surface area contributed by atoms with Crippen LogP contribution < -0.4 is 16.6 Å². The molecule has 4 nitrogen and oxygen atoms in total. The van der Waals surface area contributed by atoms with Crippen molar-refractivity contribution in [1.82, 2.24) is 5.32 Å². The fraction of sp³-hybridized carbons (Fsp3) is 0.133. The highest BCUT2D eigenvalue weighted by Crippen LogP contribution is 2.16. The van der Waals surface area contributed by atoms with Gasteiger partial charge in [0.15, 0.2) is 0 Å². The molecule has 0 saturated heterocycles. The number of amides is 1. The van der Waals surface area contributed by atoms with Crippen LogP contribution in [0.5, 0.6) is 0 Å². The lowest BCUT2D eigenvalue weighted by molar-refractivity contribution is 0.0951. The van der Waals surface area contributed by atoms with Crippen molar-refractivity contribution in [2.45, 2.75) is 13.5 Å². The van der Waals surface area contributed by atoms with E-state index >= 15 is 0 Å². The number of hydrogen-bond donors (Lipinski definition) is 3. The molecule has 2 rings (SSSR count). The Morgan fingerprint density at radius 2 is 1.90 bits per heavy atom. The fourth-order valence-corrected chi connectivity index (χ4v) is 2.12. The maximum atomic E-state index is 12.2. The van der Waals surface area contributed by atoms with Crippen molar-refractivity contribution in [2.24, 2.45) is 5.84 Å². The highest BCUT2D eigenvalue weighted by atomic mass is 79.9. The van der Waals surface area contributed by atoms with Gasteiger partial charge >= 0.3 is 0 Å². The molecule has 0 atom stereocenters. The molecule has 1 amide bonds. The number of halogens is 1. The Hall–Kier alpha value is -1.85. The molecule has 0 fully saturated rings. The van der Waals surface area contributed by atoms with Gasteiger partial charge in [-0.15, -0.1) is 0 Å². The van der Waals surface area contributed by atoms with Gasteiger partial charge in [-0.1, -0.05) is 39.7 Å². The Labute approximate surface area is 126 Å². The molecule has 0 saturated carbocycles. The zero-order chi connectivity index (χ0) is 14.5. The Balaban J connectivity index is 2.08. The van der Waals surface area contributed by atoms with Crippen LogP contribution >= 0.6 is 15.9 Å². The van der Waals surface area contributed by atoms with Crippen LogP contribution in [0.2, 0.25) is 0 Å². The number of rotatable bonds is 4. The van der Waals surface area contributed by atoms with Gasteiger partial charge in [0.05, 0.1) is 11.3 Å². The average molecular weight is 334 g/mol. The summed E-state index contributed by atoms with van der Waals surface area (Å²) in [6.45, 7) is 2.41. The summed E-state index contributed by atoms with van der Waals surface area (Å²) >= 11 is 3.38. The van der Waals surface area contributed by atoms with Crippen molar-refractivity contribution in [1.29, 1.82) is 0 Å². The van der Waals surface area contributed by atoms with E-state index in [0.29, 0.717) is 17.8 Å². The minimum atomic E-state index is -0.149. The van der Waals surface area contributed by atoms with Crippen LogP contribution in [-0.4, -0.2) is 5.91 Å². The van der Waals surface area contributed by atoms with Crippen LogP contribution in [0.25, 0.3) is 0 Å². The number of carbonyl (C=O) groups excluding carboxylic acids is 1. The molecule has 0 unspecified atom stereocenters. The summed E-state index contributed by atoms with van der Waals surface area (Å²) in [5.74, 6) is 5.28. The summed E-state index contributed by atoms with van der Waals surface area (Å²) < 4.78 is 1.01. The second-order valence-corrected chi connectivity index (χ2v) is 5.42. The average Bonchev–Trinajstić information content (AvgIpc) is 2.46. The maximum absolute atomic E-state index is 12.2. The molecule has 0 aromatic heterocycles. The first kappa shape index (κ1) is 14.6. The number of aryl methyl sites for hydroxylation is 1. The third kappa shape index (κ3) is 3.59. The molecule has 5 heteroatoms. The van der Waals surface area contributed by atoms with Gasteiger partial charge in [0.2, 0.25) is 0 Å². The van der Waals surface area contributed by atoms with Gasteiger partial charge in [-0.3, -0.25) is 10.6 Å². The third-order valence-corrected chi connectivity index (χ3v) is 3.47. The lowest BCUT2D eigenvalue weighted by atomic mass is 10.1. The van der Waals surface area contributed by atoms with Crippen molar-refractivity contribution >= 4 is 27.5 Å². The summed E-state index contributed by atoms with van der Waals surface area (Å²) in [6, 6.07) is 13.3. The van der Waals surface area contributed by atoms with E-state index < -0.39 is 0 Å². The molecule has 0 bridgehead atoms. The molecule has 0 aliphatic heterocycles. The Bertz CT molecular complexity index is 611. The summed E-state index contributed by atoms with van der Waals surface area (Å²) in [6.07, 6.45) is 0. The van der Waals surface area contributed by atoms with Gasteiger partial charge in [0.25, 0.3) is 5.91 Å². The van der Waals surface area contributed by atoms with Crippen molar-refractivity contribution in [3.63, 3.8) is 0 Å². The van der Waals surface area contributed by atoms with Crippen LogP contribution in [-0.2, 0) is 6.54 Å². The van der Waals surface area contributed by atoms with E-state index in [-0.39, 0.29) is 5.91 Å². The Morgan fingerprint density at radius 1 is 1.20 bits per heavy atom. The van der Waals surface area contributed by atoms with E-state index in [1.54, 1.807) is 6.07 Å². The van der Waals surface area contributed by atoms with Gasteiger partial charge < -0.3 is 10.7 Å². The predicted octanol–water partition coefficient (Wildman–Crippen LogP) is 2.97. The van der Waals surface area contributed by atoms with E-state index in [1.807, 2.05) is 43.3 Å². The first-order valence-electron chi connectivity index (χ1n) is 6.20. The first-order chi connectivity index (χ1) is 9.60. The number of hydrazine groups is 1. The van der Waals surface area contributed by atoms with Gasteiger partial charge in [-0.2, -0.15) is 0 Å². The minimum Gasteiger partial charge on any atom is -0.348 e. The summed E-state index contributed by atoms with van der Waals surface area (Å²) in [5, 5.41) is 2.89. The topological polar surface area (TPSA) is 67.1 Å². The molecule has 4 N–H and O–H groups in total. The molecular formula is C15H16BrN3O. The van der Waals surface area contributed by atoms with E-state index in [2.05, 4.69) is 26.7 Å². The van der Waals surface area contributed by atoms with Gasteiger partial charge in [0.1, 0.15) is 0 Å². The van der Waals surface area contributed by atoms with Gasteiger partial charge in [-0.25, -0.2) is 0 Å². The van der Waals surface area contributed by atoms with E-state index in [0.717, 1.165) is 15.6 Å². The fourth-order valence-electron chi connectivity index (χ4n) is 1.85. The number of carbonyl (C=O) groups is 1. The lowest BCUT2D eigenvalue weighted by Gasteiger charge is -2.10. The van der Waals surface area contributed by atoms with E-state index in [9.17, 15) is 4.79 Å². The van der Waals surface area contributed by atoms with Crippen LogP contribution in [0.15, 0.2) is 46.9 Å². The second kappa shape index (κ2) is 6.54. The molecule has 2 aromatic rings. The molecule has 2 aromatic carbocycles. The summed E-state index contributed by atoms with van der Waals surface area (Å²) in [7, 11) is 0. The van der Waals surface area contributed by atoms with Gasteiger partial charge in [-0.05, 0) is 36.8 Å².